The molecule has 1 heterocycles. The van der Waals surface area contributed by atoms with Crippen molar-refractivity contribution in [3.05, 3.63) is 66.4 Å². The smallest absolute Gasteiger partial charge is 0.272 e. The number of carbonyl (C=O) groups excluding carboxylic acids is 1. The van der Waals surface area contributed by atoms with E-state index < -0.39 is 0 Å². The van der Waals surface area contributed by atoms with E-state index >= 15 is 0 Å². The molecule has 0 aliphatic carbocycles. The van der Waals surface area contributed by atoms with E-state index in [-0.39, 0.29) is 11.9 Å². The van der Waals surface area contributed by atoms with Crippen LogP contribution in [0, 0.1) is 0 Å². The first-order valence-corrected chi connectivity index (χ1v) is 8.34. The quantitative estimate of drug-likeness (QED) is 0.694. The van der Waals surface area contributed by atoms with Gasteiger partial charge in [-0.3, -0.25) is 4.79 Å². The maximum Gasteiger partial charge on any atom is 0.272 e. The van der Waals surface area contributed by atoms with Gasteiger partial charge in [-0.1, -0.05) is 61.5 Å². The number of aromatic nitrogens is 1. The van der Waals surface area contributed by atoms with E-state index in [4.69, 9.17) is 4.98 Å². The average molecular weight is 318 g/mol. The minimum absolute atomic E-state index is 0.0349. The van der Waals surface area contributed by atoms with Crippen LogP contribution in [0.1, 0.15) is 30.8 Å². The third-order valence-electron chi connectivity index (χ3n) is 4.58. The van der Waals surface area contributed by atoms with Gasteiger partial charge in [-0.15, -0.1) is 0 Å². The molecule has 0 aliphatic rings. The Labute approximate surface area is 143 Å². The van der Waals surface area contributed by atoms with Crippen LogP contribution >= 0.6 is 0 Å². The van der Waals surface area contributed by atoms with Gasteiger partial charge in [0.2, 0.25) is 0 Å². The third-order valence-corrected chi connectivity index (χ3v) is 4.58. The number of benzene rings is 2. The van der Waals surface area contributed by atoms with Crippen LogP contribution in [0.5, 0.6) is 0 Å². The highest BCUT2D eigenvalue weighted by atomic mass is 16.2. The van der Waals surface area contributed by atoms with E-state index in [1.54, 1.807) is 4.90 Å². The van der Waals surface area contributed by atoms with Crippen molar-refractivity contribution in [2.75, 3.05) is 7.05 Å². The molecule has 0 aliphatic heterocycles. The highest BCUT2D eigenvalue weighted by molar-refractivity contribution is 6.01. The highest BCUT2D eigenvalue weighted by Crippen LogP contribution is 2.28. The molecule has 0 spiro atoms. The van der Waals surface area contributed by atoms with Gasteiger partial charge >= 0.3 is 0 Å². The Hall–Kier alpha value is -2.68. The summed E-state index contributed by atoms with van der Waals surface area (Å²) in [7, 11) is 1.84. The van der Waals surface area contributed by atoms with Crippen LogP contribution in [0.4, 0.5) is 0 Å². The first-order chi connectivity index (χ1) is 11.6. The number of pyridine rings is 1. The van der Waals surface area contributed by atoms with E-state index in [1.807, 2.05) is 61.6 Å². The molecule has 122 valence electrons. The van der Waals surface area contributed by atoms with Crippen molar-refractivity contribution in [2.45, 2.75) is 26.3 Å². The number of carbonyl (C=O) groups is 1. The SMILES string of the molecule is CCC(C)N(C)C(=O)c1cc2ccccc2c(-c2ccccc2)n1. The summed E-state index contributed by atoms with van der Waals surface area (Å²) in [5.74, 6) is -0.0349. The van der Waals surface area contributed by atoms with Gasteiger partial charge in [-0.05, 0) is 24.8 Å². The van der Waals surface area contributed by atoms with Crippen LogP contribution in [-0.2, 0) is 0 Å². The molecular formula is C21H22N2O. The Balaban J connectivity index is 2.16. The molecule has 0 bridgehead atoms. The zero-order chi connectivity index (χ0) is 17.1. The second kappa shape index (κ2) is 6.83. The van der Waals surface area contributed by atoms with Gasteiger partial charge in [0, 0.05) is 24.0 Å². The molecule has 0 saturated heterocycles. The summed E-state index contributed by atoms with van der Waals surface area (Å²) in [6.45, 7) is 4.13. The minimum atomic E-state index is -0.0349. The second-order valence-electron chi connectivity index (χ2n) is 6.12. The molecule has 24 heavy (non-hydrogen) atoms. The minimum Gasteiger partial charge on any atom is -0.338 e. The van der Waals surface area contributed by atoms with Crippen LogP contribution in [0.3, 0.4) is 0 Å². The first-order valence-electron chi connectivity index (χ1n) is 8.34. The fourth-order valence-electron chi connectivity index (χ4n) is 2.78. The van der Waals surface area contributed by atoms with Crippen molar-refractivity contribution >= 4 is 16.7 Å². The first kappa shape index (κ1) is 16.2. The summed E-state index contributed by atoms with van der Waals surface area (Å²) >= 11 is 0. The summed E-state index contributed by atoms with van der Waals surface area (Å²) in [6, 6.07) is 20.2. The monoisotopic (exact) mass is 318 g/mol. The highest BCUT2D eigenvalue weighted by Gasteiger charge is 2.19. The topological polar surface area (TPSA) is 33.2 Å². The zero-order valence-electron chi connectivity index (χ0n) is 14.4. The fraction of sp³-hybridized carbons (Fsp3) is 0.238. The summed E-state index contributed by atoms with van der Waals surface area (Å²) in [4.78, 5) is 19.3. The van der Waals surface area contributed by atoms with Crippen LogP contribution in [0.2, 0.25) is 0 Å². The van der Waals surface area contributed by atoms with Crippen LogP contribution in [-0.4, -0.2) is 28.9 Å². The molecule has 1 unspecified atom stereocenters. The molecule has 3 aromatic rings. The predicted molar refractivity (Wildman–Crippen MR) is 99.0 cm³/mol. The maximum atomic E-state index is 12.8. The molecule has 0 saturated carbocycles. The Bertz CT molecular complexity index is 858. The Morgan fingerprint density at radius 2 is 1.75 bits per heavy atom. The van der Waals surface area contributed by atoms with Crippen LogP contribution < -0.4 is 0 Å². The van der Waals surface area contributed by atoms with E-state index in [0.717, 1.165) is 28.5 Å². The van der Waals surface area contributed by atoms with Crippen LogP contribution in [0.25, 0.3) is 22.0 Å². The van der Waals surface area contributed by atoms with E-state index in [0.29, 0.717) is 5.69 Å². The van der Waals surface area contributed by atoms with Crippen molar-refractivity contribution in [3.8, 4) is 11.3 Å². The maximum absolute atomic E-state index is 12.8. The molecule has 0 fully saturated rings. The van der Waals surface area contributed by atoms with Crippen molar-refractivity contribution in [1.82, 2.24) is 9.88 Å². The molecule has 1 aromatic heterocycles. The zero-order valence-corrected chi connectivity index (χ0v) is 14.4. The molecule has 1 atom stereocenters. The lowest BCUT2D eigenvalue weighted by molar-refractivity contribution is 0.0735. The van der Waals surface area contributed by atoms with E-state index in [1.165, 1.54) is 0 Å². The molecule has 0 N–H and O–H groups in total. The van der Waals surface area contributed by atoms with Gasteiger partial charge in [0.25, 0.3) is 5.91 Å². The number of nitrogens with zero attached hydrogens (tertiary/aromatic N) is 2. The third kappa shape index (κ3) is 3.02. The number of hydrogen-bond donors (Lipinski definition) is 0. The van der Waals surface area contributed by atoms with E-state index in [9.17, 15) is 4.79 Å². The van der Waals surface area contributed by atoms with Gasteiger partial charge in [-0.25, -0.2) is 4.98 Å². The molecule has 2 aromatic carbocycles. The van der Waals surface area contributed by atoms with Gasteiger partial charge in [-0.2, -0.15) is 0 Å². The van der Waals surface area contributed by atoms with Gasteiger partial charge < -0.3 is 4.90 Å². The van der Waals surface area contributed by atoms with Gasteiger partial charge in [0.15, 0.2) is 0 Å². The summed E-state index contributed by atoms with van der Waals surface area (Å²) in [5, 5.41) is 2.10. The Morgan fingerprint density at radius 1 is 1.08 bits per heavy atom. The molecule has 3 heteroatoms. The fourth-order valence-corrected chi connectivity index (χ4v) is 2.78. The summed E-state index contributed by atoms with van der Waals surface area (Å²) in [5.41, 5.74) is 2.37. The Kier molecular flexibility index (Phi) is 4.61. The normalized spacial score (nSPS) is 12.1. The second-order valence-corrected chi connectivity index (χ2v) is 6.12. The standard InChI is InChI=1S/C21H22N2O/c1-4-15(2)23(3)21(24)19-14-17-12-8-9-13-18(17)20(22-19)16-10-6-5-7-11-16/h5-15H,4H2,1-3H3. The van der Waals surface area contributed by atoms with Crippen molar-refractivity contribution in [1.29, 1.82) is 0 Å². The number of rotatable bonds is 4. The van der Waals surface area contributed by atoms with Crippen molar-refractivity contribution in [3.63, 3.8) is 0 Å². The lowest BCUT2D eigenvalue weighted by Gasteiger charge is -2.23. The molecule has 1 amide bonds. The van der Waals surface area contributed by atoms with Crippen molar-refractivity contribution in [2.24, 2.45) is 0 Å². The van der Waals surface area contributed by atoms with Gasteiger partial charge in [0.1, 0.15) is 5.69 Å². The largest absolute Gasteiger partial charge is 0.338 e. The van der Waals surface area contributed by atoms with Crippen LogP contribution in [0.15, 0.2) is 60.7 Å². The lowest BCUT2D eigenvalue weighted by Crippen LogP contribution is -2.35. The lowest BCUT2D eigenvalue weighted by atomic mass is 10.0. The van der Waals surface area contributed by atoms with Gasteiger partial charge in [0.05, 0.1) is 5.69 Å². The predicted octanol–water partition coefficient (Wildman–Crippen LogP) is 4.77. The van der Waals surface area contributed by atoms with Crippen molar-refractivity contribution < 1.29 is 4.79 Å². The number of hydrogen-bond acceptors (Lipinski definition) is 2. The molecule has 0 radical (unpaired) electrons. The average Bonchev–Trinajstić information content (AvgIpc) is 2.65. The number of fused-ring (bicyclic) bond motifs is 1. The molecule has 3 nitrogen and oxygen atoms in total. The number of amides is 1. The summed E-state index contributed by atoms with van der Waals surface area (Å²) in [6.07, 6.45) is 0.918. The summed E-state index contributed by atoms with van der Waals surface area (Å²) < 4.78 is 0. The molecular weight excluding hydrogens is 296 g/mol. The Morgan fingerprint density at radius 3 is 2.46 bits per heavy atom. The van der Waals surface area contributed by atoms with E-state index in [2.05, 4.69) is 19.9 Å². The molecule has 3 rings (SSSR count).